The molecule has 3 rings (SSSR count). The first kappa shape index (κ1) is 15.8. The van der Waals surface area contributed by atoms with Crippen LogP contribution < -0.4 is 5.32 Å². The van der Waals surface area contributed by atoms with Crippen molar-refractivity contribution in [2.45, 2.75) is 13.3 Å². The number of benzene rings is 1. The molecule has 2 aromatic heterocycles. The highest BCUT2D eigenvalue weighted by Crippen LogP contribution is 2.19. The third-order valence-electron chi connectivity index (χ3n) is 3.47. The molecule has 0 radical (unpaired) electrons. The minimum atomic E-state index is -0.316. The number of hydrogen-bond donors (Lipinski definition) is 1. The highest BCUT2D eigenvalue weighted by Gasteiger charge is 2.11. The van der Waals surface area contributed by atoms with Gasteiger partial charge in [-0.2, -0.15) is 4.98 Å². The second-order valence-corrected chi connectivity index (χ2v) is 5.22. The van der Waals surface area contributed by atoms with Crippen LogP contribution in [0.25, 0.3) is 11.4 Å². The molecule has 2 heterocycles. The van der Waals surface area contributed by atoms with Gasteiger partial charge in [-0.3, -0.25) is 9.78 Å². The van der Waals surface area contributed by atoms with Crippen LogP contribution in [-0.4, -0.2) is 27.6 Å². The lowest BCUT2D eigenvalue weighted by Gasteiger charge is -2.02. The zero-order chi connectivity index (χ0) is 16.9. The van der Waals surface area contributed by atoms with Crippen LogP contribution in [0.5, 0.6) is 0 Å². The van der Waals surface area contributed by atoms with Crippen LogP contribution in [0.2, 0.25) is 0 Å². The van der Waals surface area contributed by atoms with Gasteiger partial charge in [0.2, 0.25) is 11.7 Å². The molecule has 0 saturated heterocycles. The van der Waals surface area contributed by atoms with E-state index in [1.54, 1.807) is 43.6 Å². The van der Waals surface area contributed by atoms with Gasteiger partial charge in [0.1, 0.15) is 5.82 Å². The molecule has 1 amide bonds. The second-order valence-electron chi connectivity index (χ2n) is 5.22. The molecule has 0 aliphatic heterocycles. The molecule has 0 saturated carbocycles. The monoisotopic (exact) mass is 326 g/mol. The minimum absolute atomic E-state index is 0.197. The van der Waals surface area contributed by atoms with Crippen LogP contribution in [0, 0.1) is 12.7 Å². The molecule has 0 spiro atoms. The zero-order valence-corrected chi connectivity index (χ0v) is 13.0. The molecular formula is C17H15FN4O2. The Morgan fingerprint density at radius 3 is 2.79 bits per heavy atom. The maximum Gasteiger partial charge on any atom is 0.251 e. The van der Waals surface area contributed by atoms with Crippen LogP contribution in [0.15, 0.2) is 47.2 Å². The summed E-state index contributed by atoms with van der Waals surface area (Å²) in [7, 11) is 0. The van der Waals surface area contributed by atoms with Crippen molar-refractivity contribution >= 4 is 5.91 Å². The third kappa shape index (κ3) is 3.62. The Hall–Kier alpha value is -3.09. The summed E-state index contributed by atoms with van der Waals surface area (Å²) in [4.78, 5) is 20.0. The van der Waals surface area contributed by atoms with Gasteiger partial charge in [-0.25, -0.2) is 4.39 Å². The predicted octanol–water partition coefficient (Wildman–Crippen LogP) is 2.55. The first-order valence-electron chi connectivity index (χ1n) is 7.41. The maximum absolute atomic E-state index is 13.6. The van der Waals surface area contributed by atoms with Crippen LogP contribution in [0.4, 0.5) is 4.39 Å². The Labute approximate surface area is 137 Å². The van der Waals surface area contributed by atoms with E-state index in [1.807, 2.05) is 0 Å². The fourth-order valence-electron chi connectivity index (χ4n) is 2.09. The van der Waals surface area contributed by atoms with Gasteiger partial charge in [0.25, 0.3) is 5.91 Å². The zero-order valence-electron chi connectivity index (χ0n) is 13.0. The van der Waals surface area contributed by atoms with Crippen molar-refractivity contribution < 1.29 is 13.7 Å². The van der Waals surface area contributed by atoms with Gasteiger partial charge < -0.3 is 9.84 Å². The highest BCUT2D eigenvalue weighted by molar-refractivity contribution is 5.93. The topological polar surface area (TPSA) is 80.9 Å². The van der Waals surface area contributed by atoms with E-state index in [0.29, 0.717) is 41.4 Å². The van der Waals surface area contributed by atoms with Gasteiger partial charge in [0, 0.05) is 36.5 Å². The molecule has 24 heavy (non-hydrogen) atoms. The summed E-state index contributed by atoms with van der Waals surface area (Å²) in [5.74, 6) is 0.187. The molecule has 0 atom stereocenters. The van der Waals surface area contributed by atoms with E-state index in [1.165, 1.54) is 6.07 Å². The summed E-state index contributed by atoms with van der Waals surface area (Å²) in [6, 6.07) is 8.03. The number of aromatic nitrogens is 3. The van der Waals surface area contributed by atoms with Crippen molar-refractivity contribution in [1.82, 2.24) is 20.4 Å². The van der Waals surface area contributed by atoms with Gasteiger partial charge in [-0.1, -0.05) is 17.3 Å². The predicted molar refractivity (Wildman–Crippen MR) is 84.7 cm³/mol. The molecule has 0 aliphatic rings. The lowest BCUT2D eigenvalue weighted by atomic mass is 10.1. The summed E-state index contributed by atoms with van der Waals surface area (Å²) in [6.45, 7) is 2.04. The van der Waals surface area contributed by atoms with Gasteiger partial charge >= 0.3 is 0 Å². The van der Waals surface area contributed by atoms with E-state index >= 15 is 0 Å². The summed E-state index contributed by atoms with van der Waals surface area (Å²) >= 11 is 0. The number of nitrogens with one attached hydrogen (secondary N) is 1. The fraction of sp³-hybridized carbons (Fsp3) is 0.176. The Balaban J connectivity index is 1.58. The van der Waals surface area contributed by atoms with Gasteiger partial charge in [0.15, 0.2) is 0 Å². The largest absolute Gasteiger partial charge is 0.352 e. The van der Waals surface area contributed by atoms with E-state index in [0.717, 1.165) is 0 Å². The van der Waals surface area contributed by atoms with E-state index in [-0.39, 0.29) is 11.7 Å². The van der Waals surface area contributed by atoms with Crippen LogP contribution >= 0.6 is 0 Å². The maximum atomic E-state index is 13.6. The number of carbonyl (C=O) groups is 1. The number of pyridine rings is 1. The van der Waals surface area contributed by atoms with Crippen molar-refractivity contribution in [2.75, 3.05) is 6.54 Å². The molecule has 7 heteroatoms. The number of amides is 1. The van der Waals surface area contributed by atoms with Gasteiger partial charge in [0.05, 0.1) is 0 Å². The first-order chi connectivity index (χ1) is 11.6. The molecule has 0 aliphatic carbocycles. The van der Waals surface area contributed by atoms with E-state index in [4.69, 9.17) is 4.52 Å². The normalized spacial score (nSPS) is 10.6. The van der Waals surface area contributed by atoms with Crippen LogP contribution in [-0.2, 0) is 6.42 Å². The van der Waals surface area contributed by atoms with E-state index in [9.17, 15) is 9.18 Å². The van der Waals surface area contributed by atoms with Crippen LogP contribution in [0.1, 0.15) is 21.8 Å². The number of halogens is 1. The van der Waals surface area contributed by atoms with Gasteiger partial charge in [-0.15, -0.1) is 0 Å². The number of hydrogen-bond acceptors (Lipinski definition) is 5. The van der Waals surface area contributed by atoms with Crippen molar-refractivity contribution in [3.63, 3.8) is 0 Å². The van der Waals surface area contributed by atoms with Crippen molar-refractivity contribution in [3.8, 4) is 11.4 Å². The van der Waals surface area contributed by atoms with Crippen molar-refractivity contribution in [1.29, 1.82) is 0 Å². The number of carbonyl (C=O) groups excluding carboxylic acids is 1. The molecule has 1 N–H and O–H groups in total. The Morgan fingerprint density at radius 2 is 2.04 bits per heavy atom. The molecule has 0 bridgehead atoms. The lowest BCUT2D eigenvalue weighted by molar-refractivity contribution is 0.0953. The highest BCUT2D eigenvalue weighted by atomic mass is 19.1. The molecule has 1 aromatic carbocycles. The smallest absolute Gasteiger partial charge is 0.251 e. The van der Waals surface area contributed by atoms with Crippen LogP contribution in [0.3, 0.4) is 0 Å². The number of nitrogens with zero attached hydrogens (tertiary/aromatic N) is 3. The number of rotatable bonds is 5. The fourth-order valence-corrected chi connectivity index (χ4v) is 2.09. The summed E-state index contributed by atoms with van der Waals surface area (Å²) in [5, 5.41) is 6.60. The average Bonchev–Trinajstić information content (AvgIpc) is 3.07. The molecule has 0 unspecified atom stereocenters. The number of aryl methyl sites for hydroxylation is 1. The molecule has 3 aromatic rings. The third-order valence-corrected chi connectivity index (χ3v) is 3.47. The minimum Gasteiger partial charge on any atom is -0.352 e. The average molecular weight is 326 g/mol. The lowest BCUT2D eigenvalue weighted by Crippen LogP contribution is -2.25. The van der Waals surface area contributed by atoms with E-state index in [2.05, 4.69) is 20.4 Å². The molecule has 0 fully saturated rings. The van der Waals surface area contributed by atoms with Crippen molar-refractivity contribution in [2.24, 2.45) is 0 Å². The molecule has 122 valence electrons. The van der Waals surface area contributed by atoms with E-state index < -0.39 is 0 Å². The Bertz CT molecular complexity index is 849. The molecular weight excluding hydrogens is 311 g/mol. The first-order valence-corrected chi connectivity index (χ1v) is 7.41. The standard InChI is InChI=1S/C17H15FN4O2/c1-11-2-3-13(10-14(11)18)16-21-15(24-22-16)6-9-20-17(23)12-4-7-19-8-5-12/h2-5,7-8,10H,6,9H2,1H3,(H,20,23). The summed E-state index contributed by atoms with van der Waals surface area (Å²) in [5.41, 5.74) is 1.64. The second kappa shape index (κ2) is 6.99. The SMILES string of the molecule is Cc1ccc(-c2noc(CCNC(=O)c3ccncc3)n2)cc1F. The summed E-state index contributed by atoms with van der Waals surface area (Å²) < 4.78 is 18.7. The molecule has 6 nitrogen and oxygen atoms in total. The Kier molecular flexibility index (Phi) is 4.60. The van der Waals surface area contributed by atoms with Crippen molar-refractivity contribution in [3.05, 3.63) is 65.6 Å². The Morgan fingerprint density at radius 1 is 1.25 bits per heavy atom. The summed E-state index contributed by atoms with van der Waals surface area (Å²) in [6.07, 6.45) is 3.50. The van der Waals surface area contributed by atoms with Gasteiger partial charge in [-0.05, 0) is 30.7 Å². The quantitative estimate of drug-likeness (QED) is 0.779.